The molecule has 1 aliphatic rings. The minimum atomic E-state index is -4.06. The van der Waals surface area contributed by atoms with Gasteiger partial charge in [0.25, 0.3) is 10.0 Å². The van der Waals surface area contributed by atoms with Crippen molar-refractivity contribution in [2.24, 2.45) is 0 Å². The smallest absolute Gasteiger partial charge is 0.331 e. The van der Waals surface area contributed by atoms with Crippen LogP contribution in [0.5, 0.6) is 0 Å². The summed E-state index contributed by atoms with van der Waals surface area (Å²) in [4.78, 5) is 26.8. The third-order valence-electron chi connectivity index (χ3n) is 4.40. The number of likely N-dealkylation sites (N-methyl/N-ethyl adjacent to an activating group) is 1. The first-order chi connectivity index (χ1) is 13.6. The molecule has 162 valence electrons. The molecule has 0 aliphatic carbocycles. The zero-order valence-corrected chi connectivity index (χ0v) is 19.4. The van der Waals surface area contributed by atoms with Gasteiger partial charge in [-0.2, -0.15) is 0 Å². The number of carbonyl (C=O) groups excluding carboxylic acids is 2. The predicted molar refractivity (Wildman–Crippen MR) is 115 cm³/mol. The van der Waals surface area contributed by atoms with E-state index in [0.717, 1.165) is 16.1 Å². The lowest BCUT2D eigenvalue weighted by Crippen LogP contribution is -2.37. The Morgan fingerprint density at radius 2 is 2.10 bits per heavy atom. The fraction of sp³-hybridized carbons (Fsp3) is 0.556. The maximum atomic E-state index is 13.1. The molecular formula is C18H27ClN4O4S2. The van der Waals surface area contributed by atoms with Crippen LogP contribution >= 0.6 is 23.4 Å². The minimum Gasteiger partial charge on any atom is -0.354 e. The Kier molecular flexibility index (Phi) is 8.21. The fourth-order valence-corrected chi connectivity index (χ4v) is 5.93. The number of rotatable bonds is 9. The molecule has 11 heteroatoms. The third kappa shape index (κ3) is 5.78. The number of amides is 3. The summed E-state index contributed by atoms with van der Waals surface area (Å²) < 4.78 is 27.1. The van der Waals surface area contributed by atoms with Crippen molar-refractivity contribution in [3.63, 3.8) is 0 Å². The Balaban J connectivity index is 2.33. The van der Waals surface area contributed by atoms with E-state index in [1.54, 1.807) is 13.0 Å². The molecule has 0 spiro atoms. The van der Waals surface area contributed by atoms with E-state index in [-0.39, 0.29) is 23.9 Å². The van der Waals surface area contributed by atoms with Gasteiger partial charge in [-0.3, -0.25) is 4.79 Å². The molecule has 1 atom stereocenters. The van der Waals surface area contributed by atoms with Gasteiger partial charge in [0.15, 0.2) is 0 Å². The van der Waals surface area contributed by atoms with E-state index < -0.39 is 21.3 Å². The molecule has 1 heterocycles. The van der Waals surface area contributed by atoms with Gasteiger partial charge in [0.2, 0.25) is 5.91 Å². The van der Waals surface area contributed by atoms with Crippen LogP contribution in [0.1, 0.15) is 18.9 Å². The van der Waals surface area contributed by atoms with Crippen molar-refractivity contribution in [2.75, 3.05) is 40.3 Å². The monoisotopic (exact) mass is 462 g/mol. The van der Waals surface area contributed by atoms with Gasteiger partial charge in [-0.25, -0.2) is 17.5 Å². The van der Waals surface area contributed by atoms with Gasteiger partial charge in [-0.15, -0.1) is 11.8 Å². The van der Waals surface area contributed by atoms with Crippen LogP contribution in [0.15, 0.2) is 21.9 Å². The second-order valence-corrected chi connectivity index (χ2v) is 10.4. The van der Waals surface area contributed by atoms with Crippen LogP contribution in [0.2, 0.25) is 5.02 Å². The Morgan fingerprint density at radius 1 is 1.41 bits per heavy atom. The molecule has 0 saturated carbocycles. The van der Waals surface area contributed by atoms with Crippen molar-refractivity contribution in [1.29, 1.82) is 0 Å². The number of hydrogen-bond acceptors (Lipinski definition) is 6. The van der Waals surface area contributed by atoms with Crippen LogP contribution < -0.4 is 10.6 Å². The van der Waals surface area contributed by atoms with E-state index in [9.17, 15) is 18.0 Å². The second-order valence-electron chi connectivity index (χ2n) is 6.97. The zero-order valence-electron chi connectivity index (χ0n) is 17.0. The molecule has 8 nitrogen and oxygen atoms in total. The molecule has 1 fully saturated rings. The molecule has 1 unspecified atom stereocenters. The molecular weight excluding hydrogens is 436 g/mol. The predicted octanol–water partition coefficient (Wildman–Crippen LogP) is 1.91. The van der Waals surface area contributed by atoms with Crippen LogP contribution in [0.4, 0.5) is 4.79 Å². The van der Waals surface area contributed by atoms with Crippen LogP contribution in [0.3, 0.4) is 0 Å². The lowest BCUT2D eigenvalue weighted by atomic mass is 10.2. The normalized spacial score (nSPS) is 15.5. The van der Waals surface area contributed by atoms with E-state index in [0.29, 0.717) is 35.0 Å². The molecule has 2 N–H and O–H groups in total. The van der Waals surface area contributed by atoms with E-state index in [1.165, 1.54) is 6.07 Å². The summed E-state index contributed by atoms with van der Waals surface area (Å²) in [6, 6.07) is 2.36. The number of aryl methyl sites for hydroxylation is 1. The molecule has 3 amide bonds. The quantitative estimate of drug-likeness (QED) is 0.544. The third-order valence-corrected chi connectivity index (χ3v) is 8.18. The molecule has 1 aromatic rings. The van der Waals surface area contributed by atoms with Gasteiger partial charge in [-0.05, 0) is 45.1 Å². The van der Waals surface area contributed by atoms with Crippen LogP contribution in [0.25, 0.3) is 0 Å². The highest BCUT2D eigenvalue weighted by atomic mass is 35.5. The number of carbonyl (C=O) groups is 2. The highest BCUT2D eigenvalue weighted by Gasteiger charge is 2.35. The number of nitrogens with one attached hydrogen (secondary N) is 2. The Hall–Kier alpha value is -1.49. The number of sulfonamides is 1. The molecule has 1 aliphatic heterocycles. The summed E-state index contributed by atoms with van der Waals surface area (Å²) in [6.07, 6.45) is 0.508. The first kappa shape index (κ1) is 23.8. The Labute approximate surface area is 181 Å². The van der Waals surface area contributed by atoms with Crippen molar-refractivity contribution in [1.82, 2.24) is 19.8 Å². The maximum Gasteiger partial charge on any atom is 0.331 e. The molecule has 2 rings (SSSR count). The largest absolute Gasteiger partial charge is 0.354 e. The van der Waals surface area contributed by atoms with Crippen molar-refractivity contribution >= 4 is 45.3 Å². The first-order valence-electron chi connectivity index (χ1n) is 9.27. The molecule has 0 aromatic heterocycles. The number of hydrogen-bond donors (Lipinski definition) is 2. The van der Waals surface area contributed by atoms with Gasteiger partial charge in [-0.1, -0.05) is 18.5 Å². The summed E-state index contributed by atoms with van der Waals surface area (Å²) in [5.41, 5.74) is 0.581. The summed E-state index contributed by atoms with van der Waals surface area (Å²) in [5, 5.41) is 5.29. The van der Waals surface area contributed by atoms with Gasteiger partial charge in [0, 0.05) is 29.6 Å². The number of thioether (sulfide) groups is 1. The van der Waals surface area contributed by atoms with E-state index >= 15 is 0 Å². The highest BCUT2D eigenvalue weighted by molar-refractivity contribution is 8.01. The number of halogens is 1. The van der Waals surface area contributed by atoms with Gasteiger partial charge >= 0.3 is 6.03 Å². The number of urea groups is 1. The van der Waals surface area contributed by atoms with Crippen molar-refractivity contribution in [3.05, 3.63) is 22.7 Å². The summed E-state index contributed by atoms with van der Waals surface area (Å²) in [7, 11) is -0.232. The Morgan fingerprint density at radius 3 is 2.66 bits per heavy atom. The summed E-state index contributed by atoms with van der Waals surface area (Å²) in [6.45, 7) is 5.09. The number of nitrogens with zero attached hydrogens (tertiary/aromatic N) is 2. The average molecular weight is 463 g/mol. The van der Waals surface area contributed by atoms with E-state index in [4.69, 9.17) is 11.6 Å². The summed E-state index contributed by atoms with van der Waals surface area (Å²) in [5.74, 6) is -0.168. The van der Waals surface area contributed by atoms with Crippen molar-refractivity contribution in [3.8, 4) is 0 Å². The maximum absolute atomic E-state index is 13.1. The van der Waals surface area contributed by atoms with Crippen molar-refractivity contribution in [2.45, 2.75) is 35.3 Å². The molecule has 0 radical (unpaired) electrons. The lowest BCUT2D eigenvalue weighted by Gasteiger charge is -2.21. The van der Waals surface area contributed by atoms with E-state index in [1.807, 2.05) is 25.9 Å². The van der Waals surface area contributed by atoms with Crippen LogP contribution in [-0.2, 0) is 14.8 Å². The van der Waals surface area contributed by atoms with E-state index in [2.05, 4.69) is 10.6 Å². The topological polar surface area (TPSA) is 98.8 Å². The molecule has 0 bridgehead atoms. The fourth-order valence-electron chi connectivity index (χ4n) is 2.72. The van der Waals surface area contributed by atoms with Gasteiger partial charge in [0.05, 0.1) is 11.8 Å². The molecule has 29 heavy (non-hydrogen) atoms. The SMILES string of the molecule is CCC(Sc1cc(Cl)c(C)cc1S(=O)(=O)N1CCNC1=O)C(=O)NCCN(C)C. The van der Waals surface area contributed by atoms with Gasteiger partial charge in [0.1, 0.15) is 4.90 Å². The highest BCUT2D eigenvalue weighted by Crippen LogP contribution is 2.36. The second kappa shape index (κ2) is 10.0. The molecule has 1 saturated heterocycles. The number of benzene rings is 1. The summed E-state index contributed by atoms with van der Waals surface area (Å²) >= 11 is 7.39. The first-order valence-corrected chi connectivity index (χ1v) is 12.0. The van der Waals surface area contributed by atoms with Crippen LogP contribution in [-0.4, -0.2) is 75.1 Å². The standard InChI is InChI=1S/C18H27ClN4O4S2/c1-5-14(17(24)20-6-8-22(3)4)28-15-11-13(19)12(2)10-16(15)29(26,27)23-9-7-21-18(23)25/h10-11,14H,5-9H2,1-4H3,(H,20,24)(H,21,25). The zero-order chi connectivity index (χ0) is 21.8. The Bertz CT molecular complexity index is 877. The van der Waals surface area contributed by atoms with Crippen LogP contribution in [0, 0.1) is 6.92 Å². The minimum absolute atomic E-state index is 0.0130. The van der Waals surface area contributed by atoms with Gasteiger partial charge < -0.3 is 15.5 Å². The lowest BCUT2D eigenvalue weighted by molar-refractivity contribution is -0.120. The molecule has 1 aromatic carbocycles. The van der Waals surface area contributed by atoms with Crippen molar-refractivity contribution < 1.29 is 18.0 Å². The average Bonchev–Trinajstić information content (AvgIpc) is 3.08.